The number of carbonyl (C=O) groups is 1. The second kappa shape index (κ2) is 8.57. The lowest BCUT2D eigenvalue weighted by atomic mass is 10.1. The highest BCUT2D eigenvalue weighted by molar-refractivity contribution is 7.99. The lowest BCUT2D eigenvalue weighted by Gasteiger charge is -2.16. The van der Waals surface area contributed by atoms with Crippen molar-refractivity contribution in [1.82, 2.24) is 14.9 Å². The quantitative estimate of drug-likeness (QED) is 0.434. The highest BCUT2D eigenvalue weighted by Crippen LogP contribution is 2.43. The topological polar surface area (TPSA) is 56.1 Å². The molecule has 0 unspecified atom stereocenters. The molecule has 1 heterocycles. The number of ether oxygens (including phenoxy) is 1. The zero-order valence-corrected chi connectivity index (χ0v) is 18.1. The van der Waals surface area contributed by atoms with Gasteiger partial charge in [0.2, 0.25) is 5.91 Å². The summed E-state index contributed by atoms with van der Waals surface area (Å²) in [5.41, 5.74) is 6.67. The monoisotopic (exact) mass is 429 g/mol. The van der Waals surface area contributed by atoms with E-state index in [2.05, 4.69) is 40.2 Å². The highest BCUT2D eigenvalue weighted by Gasteiger charge is 2.29. The number of nitrogens with one attached hydrogen (secondary N) is 1. The molecule has 0 atom stereocenters. The van der Waals surface area contributed by atoms with Gasteiger partial charge in [0.05, 0.1) is 29.4 Å². The Balaban J connectivity index is 1.34. The molecule has 156 valence electrons. The minimum atomic E-state index is -0.118. The number of aromatic nitrogens is 2. The second-order valence-corrected chi connectivity index (χ2v) is 8.43. The zero-order valence-electron chi connectivity index (χ0n) is 17.2. The number of amides is 1. The number of para-hydroxylation sites is 2. The fraction of sp³-hybridized carbons (Fsp3) is 0.200. The number of hydrogen-bond acceptors (Lipinski definition) is 4. The fourth-order valence-corrected chi connectivity index (χ4v) is 5.06. The van der Waals surface area contributed by atoms with Crippen LogP contribution in [0.4, 0.5) is 0 Å². The smallest absolute Gasteiger partial charge is 0.231 e. The summed E-state index contributed by atoms with van der Waals surface area (Å²) in [5, 5.41) is 4.07. The third-order valence-corrected chi connectivity index (χ3v) is 6.59. The zero-order chi connectivity index (χ0) is 21.2. The van der Waals surface area contributed by atoms with E-state index in [-0.39, 0.29) is 11.9 Å². The molecule has 1 aliphatic carbocycles. The van der Waals surface area contributed by atoms with Crippen molar-refractivity contribution in [2.24, 2.45) is 0 Å². The first-order chi connectivity index (χ1) is 15.3. The first kappa shape index (κ1) is 19.8. The van der Waals surface area contributed by atoms with E-state index in [1.807, 2.05) is 42.5 Å². The van der Waals surface area contributed by atoms with Crippen molar-refractivity contribution >= 4 is 28.7 Å². The average molecular weight is 430 g/mol. The summed E-state index contributed by atoms with van der Waals surface area (Å²) in [4.78, 5) is 17.7. The number of carbonyl (C=O) groups excluding carboxylic acids is 1. The molecule has 5 rings (SSSR count). The number of methoxy groups -OCH3 is 1. The third-order valence-electron chi connectivity index (χ3n) is 5.61. The van der Waals surface area contributed by atoms with Gasteiger partial charge in [-0.15, -0.1) is 0 Å². The van der Waals surface area contributed by atoms with Crippen molar-refractivity contribution in [3.63, 3.8) is 0 Å². The van der Waals surface area contributed by atoms with Crippen molar-refractivity contribution in [2.75, 3.05) is 19.5 Å². The van der Waals surface area contributed by atoms with Crippen molar-refractivity contribution in [1.29, 1.82) is 0 Å². The van der Waals surface area contributed by atoms with Gasteiger partial charge in [-0.3, -0.25) is 4.79 Å². The van der Waals surface area contributed by atoms with Crippen LogP contribution >= 0.6 is 11.8 Å². The fourth-order valence-electron chi connectivity index (χ4n) is 4.21. The number of nitrogens with zero attached hydrogens (tertiary/aromatic N) is 2. The van der Waals surface area contributed by atoms with E-state index < -0.39 is 0 Å². The summed E-state index contributed by atoms with van der Waals surface area (Å²) in [6.45, 7) is 1.29. The largest absolute Gasteiger partial charge is 0.383 e. The normalized spacial score (nSPS) is 12.7. The Kier molecular flexibility index (Phi) is 5.49. The van der Waals surface area contributed by atoms with Crippen LogP contribution in [0.3, 0.4) is 0 Å². The van der Waals surface area contributed by atoms with Gasteiger partial charge in [-0.2, -0.15) is 0 Å². The molecule has 31 heavy (non-hydrogen) atoms. The van der Waals surface area contributed by atoms with Crippen molar-refractivity contribution in [2.45, 2.75) is 17.7 Å². The van der Waals surface area contributed by atoms with Gasteiger partial charge in [0.15, 0.2) is 5.16 Å². The van der Waals surface area contributed by atoms with Gasteiger partial charge in [0.25, 0.3) is 0 Å². The molecule has 6 heteroatoms. The molecule has 1 aromatic heterocycles. The number of thioether (sulfide) groups is 1. The molecule has 1 amide bonds. The molecule has 1 N–H and O–H groups in total. The molecule has 0 spiro atoms. The maximum atomic E-state index is 12.9. The van der Waals surface area contributed by atoms with Gasteiger partial charge in [-0.05, 0) is 34.4 Å². The van der Waals surface area contributed by atoms with Crippen molar-refractivity contribution in [3.8, 4) is 11.1 Å². The Labute approximate surface area is 185 Å². The van der Waals surface area contributed by atoms with E-state index in [0.29, 0.717) is 18.9 Å². The van der Waals surface area contributed by atoms with E-state index in [1.54, 1.807) is 7.11 Å². The summed E-state index contributed by atoms with van der Waals surface area (Å²) in [5.74, 6) is 0.295. The minimum absolute atomic E-state index is 0.00754. The van der Waals surface area contributed by atoms with Crippen LogP contribution in [0.1, 0.15) is 17.2 Å². The molecule has 4 aromatic rings. The minimum Gasteiger partial charge on any atom is -0.383 e. The van der Waals surface area contributed by atoms with Gasteiger partial charge in [0.1, 0.15) is 0 Å². The Hall–Kier alpha value is -3.09. The summed E-state index contributed by atoms with van der Waals surface area (Å²) in [6, 6.07) is 24.5. The molecular weight excluding hydrogens is 406 g/mol. The summed E-state index contributed by atoms with van der Waals surface area (Å²) >= 11 is 1.46. The molecular formula is C25H23N3O2S. The van der Waals surface area contributed by atoms with Crippen LogP contribution in [0.15, 0.2) is 78.0 Å². The van der Waals surface area contributed by atoms with Crippen molar-refractivity contribution in [3.05, 3.63) is 83.9 Å². The SMILES string of the molecule is COCCn1c(SCC(=O)NC2c3ccccc3-c3ccccc32)nc2ccccc21. The number of rotatable bonds is 7. The second-order valence-electron chi connectivity index (χ2n) is 7.49. The predicted octanol–water partition coefficient (Wildman–Crippen LogP) is 4.66. The van der Waals surface area contributed by atoms with E-state index in [9.17, 15) is 4.79 Å². The Morgan fingerprint density at radius 2 is 1.65 bits per heavy atom. The molecule has 0 radical (unpaired) electrons. The molecule has 5 nitrogen and oxygen atoms in total. The first-order valence-corrected chi connectivity index (χ1v) is 11.3. The molecule has 0 saturated heterocycles. The lowest BCUT2D eigenvalue weighted by Crippen LogP contribution is -2.29. The van der Waals surface area contributed by atoms with Gasteiger partial charge in [-0.25, -0.2) is 4.98 Å². The van der Waals surface area contributed by atoms with E-state index in [4.69, 9.17) is 9.72 Å². The Morgan fingerprint density at radius 3 is 2.35 bits per heavy atom. The van der Waals surface area contributed by atoms with Gasteiger partial charge < -0.3 is 14.6 Å². The van der Waals surface area contributed by atoms with Crippen LogP contribution in [-0.2, 0) is 16.1 Å². The Morgan fingerprint density at radius 1 is 1.00 bits per heavy atom. The summed E-state index contributed by atoms with van der Waals surface area (Å²) in [7, 11) is 1.69. The van der Waals surface area contributed by atoms with Crippen LogP contribution in [-0.4, -0.2) is 34.9 Å². The maximum absolute atomic E-state index is 12.9. The van der Waals surface area contributed by atoms with E-state index >= 15 is 0 Å². The molecule has 0 aliphatic heterocycles. The molecule has 0 bridgehead atoms. The molecule has 3 aromatic carbocycles. The van der Waals surface area contributed by atoms with E-state index in [1.165, 1.54) is 22.9 Å². The van der Waals surface area contributed by atoms with Crippen LogP contribution in [0.25, 0.3) is 22.2 Å². The molecule has 0 fully saturated rings. The highest BCUT2D eigenvalue weighted by atomic mass is 32.2. The number of fused-ring (bicyclic) bond motifs is 4. The lowest BCUT2D eigenvalue weighted by molar-refractivity contribution is -0.119. The predicted molar refractivity (Wildman–Crippen MR) is 124 cm³/mol. The van der Waals surface area contributed by atoms with E-state index in [0.717, 1.165) is 27.3 Å². The van der Waals surface area contributed by atoms with Gasteiger partial charge in [0, 0.05) is 13.7 Å². The van der Waals surface area contributed by atoms with Crippen LogP contribution in [0.2, 0.25) is 0 Å². The molecule has 1 aliphatic rings. The summed E-state index contributed by atoms with van der Waals surface area (Å²) in [6.07, 6.45) is 0. The van der Waals surface area contributed by atoms with Crippen molar-refractivity contribution < 1.29 is 9.53 Å². The van der Waals surface area contributed by atoms with Gasteiger partial charge in [-0.1, -0.05) is 72.4 Å². The average Bonchev–Trinajstić information content (AvgIpc) is 3.32. The van der Waals surface area contributed by atoms with Crippen LogP contribution in [0.5, 0.6) is 0 Å². The number of benzene rings is 3. The summed E-state index contributed by atoms with van der Waals surface area (Å²) < 4.78 is 7.38. The number of imidazole rings is 1. The Bertz CT molecular complexity index is 1200. The van der Waals surface area contributed by atoms with Gasteiger partial charge >= 0.3 is 0 Å². The number of hydrogen-bond donors (Lipinski definition) is 1. The van der Waals surface area contributed by atoms with Crippen LogP contribution < -0.4 is 5.32 Å². The standard InChI is InChI=1S/C25H23N3O2S/c1-30-15-14-28-22-13-7-6-12-21(22)26-25(28)31-16-23(29)27-24-19-10-4-2-8-17(19)18-9-3-5-11-20(18)24/h2-13,24H,14-16H2,1H3,(H,27,29). The third kappa shape index (κ3) is 3.73. The van der Waals surface area contributed by atoms with Crippen LogP contribution in [0, 0.1) is 0 Å². The first-order valence-electron chi connectivity index (χ1n) is 10.3. The maximum Gasteiger partial charge on any atom is 0.231 e. The molecule has 0 saturated carbocycles.